The molecule has 5 fully saturated rings. The molecule has 8 nitrogen and oxygen atoms in total. The zero-order valence-electron chi connectivity index (χ0n) is 25.7. The van der Waals surface area contributed by atoms with Crippen LogP contribution in [0.5, 0.6) is 11.8 Å². The number of piperazine rings is 1. The van der Waals surface area contributed by atoms with Crippen LogP contribution in [0.1, 0.15) is 44.1 Å². The quantitative estimate of drug-likeness (QED) is 0.265. The summed E-state index contributed by atoms with van der Waals surface area (Å²) in [6.45, 7) is 4.10. The third kappa shape index (κ3) is 4.84. The Bertz CT molecular complexity index is 1900. The number of aromatic nitrogens is 3. The number of hydrogen-bond donors (Lipinski definition) is 2. The number of thioether (sulfide) groups is 1. The highest BCUT2D eigenvalue weighted by molar-refractivity contribution is 7.99. The van der Waals surface area contributed by atoms with Gasteiger partial charge in [-0.2, -0.15) is 21.7 Å². The number of nitrogens with zero attached hydrogens (tertiary/aromatic N) is 5. The van der Waals surface area contributed by atoms with Gasteiger partial charge in [-0.25, -0.2) is 8.78 Å². The highest BCUT2D eigenvalue weighted by atomic mass is 32.2. The van der Waals surface area contributed by atoms with Crippen molar-refractivity contribution in [3.63, 3.8) is 0 Å². The van der Waals surface area contributed by atoms with E-state index in [1.54, 1.807) is 6.20 Å². The molecule has 9 rings (SSSR count). The van der Waals surface area contributed by atoms with Gasteiger partial charge in [-0.15, -0.1) is 6.42 Å². The normalized spacial score (nSPS) is 26.0. The van der Waals surface area contributed by atoms with Crippen LogP contribution in [0.15, 0.2) is 30.5 Å². The van der Waals surface area contributed by atoms with Crippen LogP contribution in [0.25, 0.3) is 32.9 Å². The number of halogens is 2. The number of anilines is 1. The second kappa shape index (κ2) is 11.5. The van der Waals surface area contributed by atoms with E-state index in [9.17, 15) is 9.50 Å². The lowest BCUT2D eigenvalue weighted by molar-refractivity contribution is 0.108. The summed E-state index contributed by atoms with van der Waals surface area (Å²) in [4.78, 5) is 19.0. The third-order valence-electron chi connectivity index (χ3n) is 10.5. The Kier molecular flexibility index (Phi) is 7.42. The van der Waals surface area contributed by atoms with Gasteiger partial charge in [0.2, 0.25) is 0 Å². The third-order valence-corrected chi connectivity index (χ3v) is 11.5. The van der Waals surface area contributed by atoms with Crippen LogP contribution in [0.2, 0.25) is 0 Å². The Morgan fingerprint density at radius 1 is 1.20 bits per heavy atom. The van der Waals surface area contributed by atoms with Crippen LogP contribution in [0.4, 0.5) is 14.6 Å². The molecule has 238 valence electrons. The van der Waals surface area contributed by atoms with Crippen molar-refractivity contribution in [2.24, 2.45) is 0 Å². The SMILES string of the molecule is C#Cc1c(F)ccc2cc(O)cc(-c3ncc4c(N5CC6CCCC5CN6)nc(OCC56CCCN5CC(SC)C6)nc4c3F)c12. The minimum Gasteiger partial charge on any atom is -0.508 e. The van der Waals surface area contributed by atoms with Crippen molar-refractivity contribution in [1.82, 2.24) is 25.2 Å². The average Bonchev–Trinajstić information content (AvgIpc) is 3.43. The lowest BCUT2D eigenvalue weighted by Gasteiger charge is -2.38. The Hall–Kier alpha value is -3.72. The van der Waals surface area contributed by atoms with Gasteiger partial charge in [0.15, 0.2) is 5.82 Å². The predicted octanol–water partition coefficient (Wildman–Crippen LogP) is 5.49. The maximum absolute atomic E-state index is 16.9. The maximum atomic E-state index is 16.9. The van der Waals surface area contributed by atoms with Crippen LogP contribution in [-0.2, 0) is 0 Å². The first-order chi connectivity index (χ1) is 22.4. The van der Waals surface area contributed by atoms with E-state index in [1.807, 2.05) is 11.8 Å². The number of terminal acetylenes is 1. The smallest absolute Gasteiger partial charge is 0.319 e. The molecule has 0 aliphatic carbocycles. The van der Waals surface area contributed by atoms with E-state index in [0.29, 0.717) is 39.9 Å². The molecule has 46 heavy (non-hydrogen) atoms. The summed E-state index contributed by atoms with van der Waals surface area (Å²) in [6, 6.07) is 6.25. The van der Waals surface area contributed by atoms with Gasteiger partial charge in [-0.05, 0) is 74.9 Å². The van der Waals surface area contributed by atoms with Crippen LogP contribution < -0.4 is 15.0 Å². The van der Waals surface area contributed by atoms with Crippen molar-refractivity contribution >= 4 is 39.3 Å². The van der Waals surface area contributed by atoms with Crippen LogP contribution in [0.3, 0.4) is 0 Å². The Balaban J connectivity index is 1.28. The van der Waals surface area contributed by atoms with Crippen molar-refractivity contribution in [3.05, 3.63) is 47.7 Å². The van der Waals surface area contributed by atoms with E-state index in [2.05, 4.69) is 37.3 Å². The van der Waals surface area contributed by atoms with Gasteiger partial charge in [0.1, 0.15) is 35.2 Å². The second-order valence-electron chi connectivity index (χ2n) is 13.1. The molecule has 2 bridgehead atoms. The number of aromatic hydroxyl groups is 1. The molecule has 0 saturated carbocycles. The van der Waals surface area contributed by atoms with Crippen molar-refractivity contribution in [2.75, 3.05) is 43.9 Å². The van der Waals surface area contributed by atoms with Gasteiger partial charge in [0, 0.05) is 54.1 Å². The molecule has 2 aromatic heterocycles. The fourth-order valence-electron chi connectivity index (χ4n) is 8.24. The first-order valence-electron chi connectivity index (χ1n) is 16.1. The summed E-state index contributed by atoms with van der Waals surface area (Å²) in [6.07, 6.45) is 15.9. The molecule has 0 radical (unpaired) electrons. The zero-order valence-corrected chi connectivity index (χ0v) is 26.5. The summed E-state index contributed by atoms with van der Waals surface area (Å²) in [7, 11) is 0. The minimum atomic E-state index is -0.702. The highest BCUT2D eigenvalue weighted by Gasteiger charge is 2.49. The number of phenolic OH excluding ortho intramolecular Hbond substituents is 1. The van der Waals surface area contributed by atoms with Crippen molar-refractivity contribution in [1.29, 1.82) is 0 Å². The standard InChI is InChI=1S/C35H36F2N6O2S/c1-3-25-28(36)9-8-20-12-23(44)13-26(29(20)25)31-30(37)32-27(16-39-31)33(43-17-21-6-4-7-22(43)15-38-21)41-34(40-32)45-19-35-10-5-11-42(35)18-24(14-35)46-2/h1,8-9,12-13,16,21-22,24,38,44H,4-7,10-11,14-15,17-19H2,2H3. The van der Waals surface area contributed by atoms with E-state index in [1.165, 1.54) is 24.3 Å². The summed E-state index contributed by atoms with van der Waals surface area (Å²) in [5, 5.41) is 16.0. The van der Waals surface area contributed by atoms with E-state index in [-0.39, 0.29) is 45.7 Å². The second-order valence-corrected chi connectivity index (χ2v) is 14.3. The molecule has 0 spiro atoms. The number of hydrogen-bond acceptors (Lipinski definition) is 9. The number of fused-ring (bicyclic) bond motifs is 7. The number of benzene rings is 2. The first kappa shape index (κ1) is 29.7. The Labute approximate surface area is 270 Å². The molecule has 5 aliphatic heterocycles. The first-order valence-corrected chi connectivity index (χ1v) is 17.4. The lowest BCUT2D eigenvalue weighted by Crippen LogP contribution is -2.54. The van der Waals surface area contributed by atoms with Crippen molar-refractivity contribution in [2.45, 2.75) is 61.4 Å². The molecule has 4 unspecified atom stereocenters. The molecule has 2 N–H and O–H groups in total. The van der Waals surface area contributed by atoms with Crippen molar-refractivity contribution < 1.29 is 18.6 Å². The average molecular weight is 643 g/mol. The molecular formula is C35H36F2N6O2S. The van der Waals surface area contributed by atoms with Gasteiger partial charge in [0.25, 0.3) is 0 Å². The molecule has 11 heteroatoms. The topological polar surface area (TPSA) is 86.6 Å². The fraction of sp³-hybridized carbons (Fsp3) is 0.457. The molecular weight excluding hydrogens is 606 g/mol. The fourth-order valence-corrected chi connectivity index (χ4v) is 9.05. The van der Waals surface area contributed by atoms with Gasteiger partial charge < -0.3 is 20.1 Å². The van der Waals surface area contributed by atoms with E-state index >= 15 is 4.39 Å². The molecule has 4 aromatic rings. The molecule has 0 amide bonds. The molecule has 5 saturated heterocycles. The van der Waals surface area contributed by atoms with Gasteiger partial charge >= 0.3 is 6.01 Å². The monoisotopic (exact) mass is 642 g/mol. The van der Waals surface area contributed by atoms with E-state index < -0.39 is 11.6 Å². The number of ether oxygens (including phenoxy) is 1. The van der Waals surface area contributed by atoms with Crippen LogP contribution in [-0.4, -0.2) is 86.9 Å². The maximum Gasteiger partial charge on any atom is 0.319 e. The zero-order chi connectivity index (χ0) is 31.6. The number of nitrogens with one attached hydrogen (secondary N) is 1. The largest absolute Gasteiger partial charge is 0.508 e. The molecule has 2 aromatic carbocycles. The molecule has 5 aliphatic rings. The van der Waals surface area contributed by atoms with E-state index in [4.69, 9.17) is 16.1 Å². The molecule has 4 atom stereocenters. The minimum absolute atomic E-state index is 0.0187. The highest BCUT2D eigenvalue weighted by Crippen LogP contribution is 2.43. The lowest BCUT2D eigenvalue weighted by atomic mass is 9.95. The summed E-state index contributed by atoms with van der Waals surface area (Å²) >= 11 is 1.90. The van der Waals surface area contributed by atoms with Crippen molar-refractivity contribution in [3.8, 4) is 35.4 Å². The Morgan fingerprint density at radius 2 is 2.09 bits per heavy atom. The number of pyridine rings is 1. The van der Waals surface area contributed by atoms with Gasteiger partial charge in [0.05, 0.1) is 16.5 Å². The summed E-state index contributed by atoms with van der Waals surface area (Å²) < 4.78 is 38.3. The molecule has 7 heterocycles. The number of phenols is 1. The summed E-state index contributed by atoms with van der Waals surface area (Å²) in [5.41, 5.74) is 0.0918. The number of rotatable bonds is 6. The van der Waals surface area contributed by atoms with Gasteiger partial charge in [-0.3, -0.25) is 9.88 Å². The van der Waals surface area contributed by atoms with Crippen LogP contribution in [0, 0.1) is 24.0 Å². The predicted molar refractivity (Wildman–Crippen MR) is 178 cm³/mol. The van der Waals surface area contributed by atoms with E-state index in [0.717, 1.165) is 64.7 Å². The Morgan fingerprint density at radius 3 is 2.93 bits per heavy atom. The van der Waals surface area contributed by atoms with Crippen LogP contribution >= 0.6 is 11.8 Å². The van der Waals surface area contributed by atoms with Gasteiger partial charge in [-0.1, -0.05) is 12.0 Å². The summed E-state index contributed by atoms with van der Waals surface area (Å²) in [5.74, 6) is 1.60.